The number of aromatic nitrogens is 4. The van der Waals surface area contributed by atoms with Gasteiger partial charge in [0, 0.05) is 44.3 Å². The summed E-state index contributed by atoms with van der Waals surface area (Å²) in [6.45, 7) is 6.25. The number of nitrogens with zero attached hydrogens (tertiary/aromatic N) is 6. The van der Waals surface area contributed by atoms with Crippen LogP contribution in [-0.2, 0) is 6.54 Å². The molecule has 3 rings (SSSR count). The summed E-state index contributed by atoms with van der Waals surface area (Å²) >= 11 is 1.72. The molecular weight excluding hydrogens is 248 g/mol. The third-order valence-electron chi connectivity index (χ3n) is 3.17. The highest BCUT2D eigenvalue weighted by atomic mass is 32.1. The zero-order valence-electron chi connectivity index (χ0n) is 10.1. The van der Waals surface area contributed by atoms with Crippen molar-refractivity contribution in [1.29, 1.82) is 0 Å². The average molecular weight is 264 g/mol. The fraction of sp³-hybridized carbons (Fsp3) is 0.545. The van der Waals surface area contributed by atoms with Crippen molar-refractivity contribution >= 4 is 16.5 Å². The van der Waals surface area contributed by atoms with E-state index in [0.717, 1.165) is 44.4 Å². The lowest BCUT2D eigenvalue weighted by molar-refractivity contribution is 0.244. The van der Waals surface area contributed by atoms with Crippen LogP contribution in [0.5, 0.6) is 0 Å². The third kappa shape index (κ3) is 2.68. The molecule has 2 aromatic heterocycles. The Balaban J connectivity index is 1.45. The topological polar surface area (TPSA) is 50.1 Å². The molecule has 1 fully saturated rings. The molecule has 0 aromatic carbocycles. The van der Waals surface area contributed by atoms with Crippen LogP contribution in [-0.4, -0.2) is 57.4 Å². The molecule has 0 saturated carbocycles. The summed E-state index contributed by atoms with van der Waals surface area (Å²) in [7, 11) is 0. The minimum atomic E-state index is 0.914. The minimum Gasteiger partial charge on any atom is -0.346 e. The molecule has 1 aliphatic heterocycles. The number of hydrogen-bond donors (Lipinski definition) is 0. The van der Waals surface area contributed by atoms with Crippen molar-refractivity contribution < 1.29 is 0 Å². The predicted octanol–water partition coefficient (Wildman–Crippen LogP) is 0.557. The van der Waals surface area contributed by atoms with E-state index in [9.17, 15) is 0 Å². The number of thiazole rings is 1. The van der Waals surface area contributed by atoms with Gasteiger partial charge in [0.25, 0.3) is 0 Å². The number of rotatable bonds is 4. The van der Waals surface area contributed by atoms with Crippen LogP contribution < -0.4 is 4.90 Å². The maximum absolute atomic E-state index is 4.36. The number of piperazine rings is 1. The van der Waals surface area contributed by atoms with E-state index in [4.69, 9.17) is 0 Å². The molecule has 0 spiro atoms. The van der Waals surface area contributed by atoms with Crippen molar-refractivity contribution in [1.82, 2.24) is 24.6 Å². The molecule has 0 bridgehead atoms. The highest BCUT2D eigenvalue weighted by molar-refractivity contribution is 7.13. The molecule has 0 amide bonds. The van der Waals surface area contributed by atoms with E-state index in [1.54, 1.807) is 24.0 Å². The van der Waals surface area contributed by atoms with E-state index < -0.39 is 0 Å². The fourth-order valence-electron chi connectivity index (χ4n) is 2.13. The van der Waals surface area contributed by atoms with Crippen molar-refractivity contribution in [3.05, 3.63) is 24.2 Å². The van der Waals surface area contributed by atoms with E-state index in [2.05, 4.69) is 24.9 Å². The summed E-state index contributed by atoms with van der Waals surface area (Å²) in [6.07, 6.45) is 5.23. The lowest BCUT2D eigenvalue weighted by Crippen LogP contribution is -2.47. The van der Waals surface area contributed by atoms with Crippen molar-refractivity contribution in [2.24, 2.45) is 0 Å². The highest BCUT2D eigenvalue weighted by Gasteiger charge is 2.18. The van der Waals surface area contributed by atoms with Gasteiger partial charge in [0.15, 0.2) is 5.13 Å². The third-order valence-corrected chi connectivity index (χ3v) is 4.01. The molecule has 0 aliphatic carbocycles. The second-order valence-electron chi connectivity index (χ2n) is 4.30. The molecule has 18 heavy (non-hydrogen) atoms. The summed E-state index contributed by atoms with van der Waals surface area (Å²) in [5.74, 6) is 0. The van der Waals surface area contributed by atoms with E-state index >= 15 is 0 Å². The quantitative estimate of drug-likeness (QED) is 0.807. The lowest BCUT2D eigenvalue weighted by Gasteiger charge is -2.34. The van der Waals surface area contributed by atoms with Crippen LogP contribution in [0.25, 0.3) is 0 Å². The van der Waals surface area contributed by atoms with Crippen molar-refractivity contribution in [3.8, 4) is 0 Å². The van der Waals surface area contributed by atoms with Crippen LogP contribution in [0.15, 0.2) is 24.2 Å². The van der Waals surface area contributed by atoms with Gasteiger partial charge in [-0.3, -0.25) is 9.58 Å². The Morgan fingerprint density at radius 1 is 1.17 bits per heavy atom. The molecule has 96 valence electrons. The van der Waals surface area contributed by atoms with Crippen LogP contribution in [0.4, 0.5) is 5.13 Å². The van der Waals surface area contributed by atoms with Gasteiger partial charge in [-0.25, -0.2) is 9.97 Å². The van der Waals surface area contributed by atoms with Crippen LogP contribution in [0.1, 0.15) is 0 Å². The van der Waals surface area contributed by atoms with Crippen molar-refractivity contribution in [2.45, 2.75) is 6.54 Å². The first-order chi connectivity index (χ1) is 8.92. The average Bonchev–Trinajstić information content (AvgIpc) is 3.10. The molecule has 6 nitrogen and oxygen atoms in total. The number of anilines is 1. The Labute approximate surface area is 110 Å². The smallest absolute Gasteiger partial charge is 0.185 e. The van der Waals surface area contributed by atoms with Crippen LogP contribution in [0.2, 0.25) is 0 Å². The van der Waals surface area contributed by atoms with Gasteiger partial charge in [-0.05, 0) is 0 Å². The zero-order valence-corrected chi connectivity index (χ0v) is 11.0. The van der Waals surface area contributed by atoms with E-state index in [1.165, 1.54) is 0 Å². The molecule has 0 N–H and O–H groups in total. The Kier molecular flexibility index (Phi) is 3.51. The van der Waals surface area contributed by atoms with E-state index in [0.29, 0.717) is 0 Å². The van der Waals surface area contributed by atoms with E-state index in [-0.39, 0.29) is 0 Å². The summed E-state index contributed by atoms with van der Waals surface area (Å²) in [5, 5.41) is 7.29. The summed E-state index contributed by atoms with van der Waals surface area (Å²) < 4.78 is 1.88. The molecule has 3 heterocycles. The molecule has 0 atom stereocenters. The molecule has 1 saturated heterocycles. The Hall–Kier alpha value is -1.47. The maximum atomic E-state index is 4.36. The highest BCUT2D eigenvalue weighted by Crippen LogP contribution is 2.18. The molecule has 1 aliphatic rings. The van der Waals surface area contributed by atoms with E-state index in [1.807, 2.05) is 16.3 Å². The standard InChI is InChI=1S/C11H16N6S/c1-8-18-11(13-1)16-5-2-15(3-6-16)4-7-17-10-12-9-14-17/h1,8-10H,2-7H2. The SMILES string of the molecule is c1csc(N2CCN(CCn3cncn3)CC2)n1. The molecule has 0 radical (unpaired) electrons. The minimum absolute atomic E-state index is 0.914. The largest absolute Gasteiger partial charge is 0.346 e. The van der Waals surface area contributed by atoms with Gasteiger partial charge in [-0.15, -0.1) is 11.3 Å². The lowest BCUT2D eigenvalue weighted by atomic mass is 10.3. The zero-order chi connectivity index (χ0) is 12.2. The van der Waals surface area contributed by atoms with Gasteiger partial charge in [0.05, 0.1) is 6.54 Å². The molecule has 2 aromatic rings. The van der Waals surface area contributed by atoms with Crippen LogP contribution in [0.3, 0.4) is 0 Å². The van der Waals surface area contributed by atoms with Gasteiger partial charge in [0.1, 0.15) is 12.7 Å². The second-order valence-corrected chi connectivity index (χ2v) is 5.17. The van der Waals surface area contributed by atoms with Gasteiger partial charge >= 0.3 is 0 Å². The van der Waals surface area contributed by atoms with Crippen molar-refractivity contribution in [2.75, 3.05) is 37.6 Å². The van der Waals surface area contributed by atoms with Crippen LogP contribution in [0, 0.1) is 0 Å². The normalized spacial score (nSPS) is 17.2. The van der Waals surface area contributed by atoms with Gasteiger partial charge in [0.2, 0.25) is 0 Å². The van der Waals surface area contributed by atoms with Crippen LogP contribution >= 0.6 is 11.3 Å². The first-order valence-corrected chi connectivity index (χ1v) is 6.99. The number of hydrogen-bond acceptors (Lipinski definition) is 6. The summed E-state index contributed by atoms with van der Waals surface area (Å²) in [4.78, 5) is 13.1. The fourth-order valence-corrected chi connectivity index (χ4v) is 2.82. The Bertz CT molecular complexity index is 446. The summed E-state index contributed by atoms with van der Waals surface area (Å²) in [6, 6.07) is 0. The van der Waals surface area contributed by atoms with Gasteiger partial charge in [-0.1, -0.05) is 0 Å². The Morgan fingerprint density at radius 2 is 2.06 bits per heavy atom. The first-order valence-electron chi connectivity index (χ1n) is 6.11. The van der Waals surface area contributed by atoms with Gasteiger partial charge < -0.3 is 4.90 Å². The molecule has 0 unspecified atom stereocenters. The predicted molar refractivity (Wildman–Crippen MR) is 70.8 cm³/mol. The first kappa shape index (κ1) is 11.6. The monoisotopic (exact) mass is 264 g/mol. The second kappa shape index (κ2) is 5.45. The van der Waals surface area contributed by atoms with Crippen molar-refractivity contribution in [3.63, 3.8) is 0 Å². The Morgan fingerprint density at radius 3 is 2.72 bits per heavy atom. The maximum Gasteiger partial charge on any atom is 0.185 e. The van der Waals surface area contributed by atoms with Gasteiger partial charge in [-0.2, -0.15) is 5.10 Å². The summed E-state index contributed by atoms with van der Waals surface area (Å²) in [5.41, 5.74) is 0. The molecular formula is C11H16N6S. The molecule has 7 heteroatoms.